The van der Waals surface area contributed by atoms with E-state index in [-0.39, 0.29) is 24.8 Å². The smallest absolute Gasteiger partial charge is 0.261 e. The summed E-state index contributed by atoms with van der Waals surface area (Å²) < 4.78 is 0. The van der Waals surface area contributed by atoms with E-state index in [1.54, 1.807) is 32.0 Å². The maximum Gasteiger partial charge on any atom is 0.261 e. The quantitative estimate of drug-likeness (QED) is 0.775. The molecule has 0 aliphatic carbocycles. The third-order valence-electron chi connectivity index (χ3n) is 3.03. The molecular weight excluding hydrogens is 218 g/mol. The van der Waals surface area contributed by atoms with Crippen LogP contribution in [0.15, 0.2) is 24.3 Å². The van der Waals surface area contributed by atoms with Crippen molar-refractivity contribution in [3.63, 3.8) is 0 Å². The second kappa shape index (κ2) is 3.96. The van der Waals surface area contributed by atoms with E-state index in [1.807, 2.05) is 6.07 Å². The molecule has 1 aliphatic heterocycles. The Balaban J connectivity index is 2.47. The third-order valence-corrected chi connectivity index (χ3v) is 3.03. The van der Waals surface area contributed by atoms with Crippen molar-refractivity contribution in [2.24, 2.45) is 0 Å². The van der Waals surface area contributed by atoms with Gasteiger partial charge in [0.2, 0.25) is 5.91 Å². The molecule has 2 rings (SSSR count). The highest BCUT2D eigenvalue weighted by molar-refractivity contribution is 6.10. The Morgan fingerprint density at radius 3 is 2.59 bits per heavy atom. The van der Waals surface area contributed by atoms with Crippen LogP contribution in [0.4, 0.5) is 0 Å². The van der Waals surface area contributed by atoms with Gasteiger partial charge in [0.05, 0.1) is 18.6 Å². The van der Waals surface area contributed by atoms with Crippen LogP contribution in [-0.4, -0.2) is 34.0 Å². The largest absolute Gasteiger partial charge is 0.394 e. The topological polar surface area (TPSA) is 57.6 Å². The van der Waals surface area contributed by atoms with Gasteiger partial charge >= 0.3 is 0 Å². The second-order valence-corrected chi connectivity index (χ2v) is 4.84. The van der Waals surface area contributed by atoms with E-state index in [0.717, 1.165) is 10.5 Å². The summed E-state index contributed by atoms with van der Waals surface area (Å²) in [4.78, 5) is 25.4. The minimum Gasteiger partial charge on any atom is -0.394 e. The fraction of sp³-hybridized carbons (Fsp3) is 0.385. The van der Waals surface area contributed by atoms with Crippen molar-refractivity contribution >= 4 is 11.8 Å². The van der Waals surface area contributed by atoms with E-state index >= 15 is 0 Å². The lowest BCUT2D eigenvalue weighted by Gasteiger charge is -2.38. The van der Waals surface area contributed by atoms with Gasteiger partial charge in [-0.2, -0.15) is 0 Å². The van der Waals surface area contributed by atoms with Gasteiger partial charge in [-0.3, -0.25) is 14.5 Å². The van der Waals surface area contributed by atoms with Gasteiger partial charge in [-0.05, 0) is 25.5 Å². The fourth-order valence-corrected chi connectivity index (χ4v) is 2.04. The third kappa shape index (κ3) is 1.85. The minimum atomic E-state index is -0.859. The Morgan fingerprint density at radius 2 is 1.94 bits per heavy atom. The van der Waals surface area contributed by atoms with Crippen molar-refractivity contribution in [2.75, 3.05) is 6.61 Å². The highest BCUT2D eigenvalue weighted by atomic mass is 16.3. The number of carbonyl (C=O) groups excluding carboxylic acids is 2. The van der Waals surface area contributed by atoms with Crippen LogP contribution in [0.5, 0.6) is 0 Å². The summed E-state index contributed by atoms with van der Waals surface area (Å²) in [7, 11) is 0. The van der Waals surface area contributed by atoms with Gasteiger partial charge in [-0.25, -0.2) is 0 Å². The lowest BCUT2D eigenvalue weighted by Crippen LogP contribution is -2.56. The summed E-state index contributed by atoms with van der Waals surface area (Å²) in [6.45, 7) is 3.11. The van der Waals surface area contributed by atoms with Crippen molar-refractivity contribution in [3.05, 3.63) is 35.4 Å². The van der Waals surface area contributed by atoms with Gasteiger partial charge in [0, 0.05) is 5.56 Å². The molecule has 0 atom stereocenters. The first-order valence-corrected chi connectivity index (χ1v) is 5.53. The number of hydrogen-bond donors (Lipinski definition) is 1. The van der Waals surface area contributed by atoms with E-state index in [4.69, 9.17) is 0 Å². The van der Waals surface area contributed by atoms with Crippen LogP contribution in [0, 0.1) is 0 Å². The molecule has 1 aromatic carbocycles. The Labute approximate surface area is 99.9 Å². The number of fused-ring (bicyclic) bond motifs is 1. The summed E-state index contributed by atoms with van der Waals surface area (Å²) in [5, 5.41) is 9.28. The maximum absolute atomic E-state index is 12.2. The molecule has 1 aliphatic rings. The molecule has 90 valence electrons. The number of hydrogen-bond acceptors (Lipinski definition) is 3. The molecule has 0 saturated heterocycles. The second-order valence-electron chi connectivity index (χ2n) is 4.84. The predicted molar refractivity (Wildman–Crippen MR) is 62.5 cm³/mol. The zero-order valence-corrected chi connectivity index (χ0v) is 9.93. The van der Waals surface area contributed by atoms with Crippen LogP contribution in [0.2, 0.25) is 0 Å². The molecule has 1 N–H and O–H groups in total. The molecule has 1 heterocycles. The highest BCUT2D eigenvalue weighted by Crippen LogP contribution is 2.25. The molecule has 4 heteroatoms. The van der Waals surface area contributed by atoms with Crippen molar-refractivity contribution < 1.29 is 14.7 Å². The number of aliphatic hydroxyl groups is 1. The summed E-state index contributed by atoms with van der Waals surface area (Å²) in [6, 6.07) is 7.09. The van der Waals surface area contributed by atoms with Gasteiger partial charge < -0.3 is 5.11 Å². The summed E-state index contributed by atoms with van der Waals surface area (Å²) >= 11 is 0. The lowest BCUT2D eigenvalue weighted by atomic mass is 9.93. The van der Waals surface area contributed by atoms with Crippen molar-refractivity contribution in [1.82, 2.24) is 4.90 Å². The van der Waals surface area contributed by atoms with Gasteiger partial charge in [-0.1, -0.05) is 18.2 Å². The average molecular weight is 233 g/mol. The zero-order chi connectivity index (χ0) is 12.6. The maximum atomic E-state index is 12.2. The fourth-order valence-electron chi connectivity index (χ4n) is 2.04. The van der Waals surface area contributed by atoms with Gasteiger partial charge in [-0.15, -0.1) is 0 Å². The molecule has 2 amide bonds. The SMILES string of the molecule is CC(C)(CO)N1C(=O)Cc2ccccc2C1=O. The van der Waals surface area contributed by atoms with Crippen LogP contribution < -0.4 is 0 Å². The summed E-state index contributed by atoms with van der Waals surface area (Å²) in [5.74, 6) is -0.580. The van der Waals surface area contributed by atoms with Crippen LogP contribution in [0.1, 0.15) is 29.8 Å². The molecule has 1 aromatic rings. The number of amides is 2. The molecule has 4 nitrogen and oxygen atoms in total. The molecule has 0 unspecified atom stereocenters. The van der Waals surface area contributed by atoms with Crippen LogP contribution in [-0.2, 0) is 11.2 Å². The van der Waals surface area contributed by atoms with E-state index in [2.05, 4.69) is 0 Å². The van der Waals surface area contributed by atoms with E-state index in [1.165, 1.54) is 0 Å². The van der Waals surface area contributed by atoms with Crippen molar-refractivity contribution in [2.45, 2.75) is 25.8 Å². The summed E-state index contributed by atoms with van der Waals surface area (Å²) in [6.07, 6.45) is 0.214. The molecule has 0 fully saturated rings. The Hall–Kier alpha value is -1.68. The first-order chi connectivity index (χ1) is 7.97. The van der Waals surface area contributed by atoms with Crippen LogP contribution in [0.3, 0.4) is 0 Å². The Kier molecular flexibility index (Phi) is 2.75. The van der Waals surface area contributed by atoms with Crippen molar-refractivity contribution in [1.29, 1.82) is 0 Å². The lowest BCUT2D eigenvalue weighted by molar-refractivity contribution is -0.133. The molecule has 17 heavy (non-hydrogen) atoms. The highest BCUT2D eigenvalue weighted by Gasteiger charge is 2.39. The Morgan fingerprint density at radius 1 is 1.29 bits per heavy atom. The molecule has 0 saturated carbocycles. The van der Waals surface area contributed by atoms with E-state index in [9.17, 15) is 14.7 Å². The monoisotopic (exact) mass is 233 g/mol. The first-order valence-electron chi connectivity index (χ1n) is 5.53. The number of rotatable bonds is 2. The molecule has 0 bridgehead atoms. The first kappa shape index (κ1) is 11.8. The van der Waals surface area contributed by atoms with Gasteiger partial charge in [0.1, 0.15) is 0 Å². The standard InChI is InChI=1S/C13H15NO3/c1-13(2,8-15)14-11(16)7-9-5-3-4-6-10(9)12(14)17/h3-6,15H,7-8H2,1-2H3. The minimum absolute atomic E-state index is 0.214. The predicted octanol–water partition coefficient (Wildman–Crippen LogP) is 0.982. The molecular formula is C13H15NO3. The van der Waals surface area contributed by atoms with Crippen LogP contribution in [0.25, 0.3) is 0 Å². The van der Waals surface area contributed by atoms with E-state index < -0.39 is 5.54 Å². The molecule has 0 radical (unpaired) electrons. The van der Waals surface area contributed by atoms with Crippen LogP contribution >= 0.6 is 0 Å². The Bertz CT molecular complexity index is 479. The van der Waals surface area contributed by atoms with Gasteiger partial charge in [0.15, 0.2) is 0 Å². The summed E-state index contributed by atoms with van der Waals surface area (Å²) in [5.41, 5.74) is 0.447. The molecule has 0 spiro atoms. The number of aliphatic hydroxyl groups excluding tert-OH is 1. The number of carbonyl (C=O) groups is 2. The number of nitrogens with zero attached hydrogens (tertiary/aromatic N) is 1. The molecule has 0 aromatic heterocycles. The zero-order valence-electron chi connectivity index (χ0n) is 9.93. The van der Waals surface area contributed by atoms with E-state index in [0.29, 0.717) is 5.56 Å². The van der Waals surface area contributed by atoms with Crippen molar-refractivity contribution in [3.8, 4) is 0 Å². The number of benzene rings is 1. The number of imide groups is 1. The van der Waals surface area contributed by atoms with Gasteiger partial charge in [0.25, 0.3) is 5.91 Å². The average Bonchev–Trinajstić information content (AvgIpc) is 2.28. The normalized spacial score (nSPS) is 16.1.